The molecule has 128 valence electrons. The number of phenols is 1. The van der Waals surface area contributed by atoms with E-state index in [9.17, 15) is 9.90 Å². The fourth-order valence-corrected chi connectivity index (χ4v) is 3.68. The molecule has 4 nitrogen and oxygen atoms in total. The summed E-state index contributed by atoms with van der Waals surface area (Å²) in [5.41, 5.74) is 1.11. The second-order valence-electron chi connectivity index (χ2n) is 7.92. The summed E-state index contributed by atoms with van der Waals surface area (Å²) in [5, 5.41) is 14.3. The molecule has 0 bridgehead atoms. The van der Waals surface area contributed by atoms with Gasteiger partial charge in [-0.15, -0.1) is 0 Å². The maximum absolute atomic E-state index is 12.6. The van der Waals surface area contributed by atoms with Crippen LogP contribution in [0.4, 0.5) is 0 Å². The summed E-state index contributed by atoms with van der Waals surface area (Å²) in [4.78, 5) is 16.7. The summed E-state index contributed by atoms with van der Waals surface area (Å²) < 4.78 is 0. The number of hydrogen-bond acceptors (Lipinski definition) is 3. The molecule has 1 heterocycles. The highest BCUT2D eigenvalue weighted by Gasteiger charge is 2.30. The third-order valence-electron chi connectivity index (χ3n) is 5.28. The Labute approximate surface area is 143 Å². The van der Waals surface area contributed by atoms with Gasteiger partial charge in [0.15, 0.2) is 5.75 Å². The number of aromatic nitrogens is 1. The topological polar surface area (TPSA) is 62.2 Å². The van der Waals surface area contributed by atoms with Crippen LogP contribution in [0.1, 0.15) is 56.8 Å². The molecule has 0 spiro atoms. The average molecular weight is 326 g/mol. The molecule has 24 heavy (non-hydrogen) atoms. The first-order valence-corrected chi connectivity index (χ1v) is 8.74. The van der Waals surface area contributed by atoms with Crippen LogP contribution in [0.3, 0.4) is 0 Å². The zero-order valence-electron chi connectivity index (χ0n) is 14.7. The minimum Gasteiger partial charge on any atom is -0.505 e. The van der Waals surface area contributed by atoms with Gasteiger partial charge in [0.2, 0.25) is 0 Å². The van der Waals surface area contributed by atoms with E-state index in [0.29, 0.717) is 22.4 Å². The van der Waals surface area contributed by atoms with Crippen molar-refractivity contribution in [3.05, 3.63) is 36.0 Å². The summed E-state index contributed by atoms with van der Waals surface area (Å²) in [6.45, 7) is 6.87. The molecular formula is C20H26N2O2. The van der Waals surface area contributed by atoms with Gasteiger partial charge in [0.1, 0.15) is 5.52 Å². The van der Waals surface area contributed by atoms with Crippen LogP contribution in [0.5, 0.6) is 5.75 Å². The molecule has 1 saturated carbocycles. The van der Waals surface area contributed by atoms with Crippen molar-refractivity contribution >= 4 is 16.8 Å². The maximum Gasteiger partial charge on any atom is 0.255 e. The van der Waals surface area contributed by atoms with E-state index in [1.807, 2.05) is 18.2 Å². The highest BCUT2D eigenvalue weighted by Crippen LogP contribution is 2.38. The van der Waals surface area contributed by atoms with Gasteiger partial charge in [-0.3, -0.25) is 9.78 Å². The standard InChI is InChI=1S/C20H26N2O2/c1-20(2,3)14-7-9-15(10-8-14)22-19(24)16-11-6-13-5-4-12-21-17(13)18(16)23/h4-6,11-12,14-15,23H,7-10H2,1-3H3,(H,22,24). The highest BCUT2D eigenvalue weighted by molar-refractivity contribution is 6.02. The summed E-state index contributed by atoms with van der Waals surface area (Å²) in [6, 6.07) is 7.38. The Morgan fingerprint density at radius 2 is 1.88 bits per heavy atom. The van der Waals surface area contributed by atoms with Crippen molar-refractivity contribution < 1.29 is 9.90 Å². The van der Waals surface area contributed by atoms with E-state index in [-0.39, 0.29) is 17.7 Å². The van der Waals surface area contributed by atoms with Crippen LogP contribution < -0.4 is 5.32 Å². The van der Waals surface area contributed by atoms with E-state index in [4.69, 9.17) is 0 Å². The van der Waals surface area contributed by atoms with E-state index < -0.39 is 0 Å². The lowest BCUT2D eigenvalue weighted by Crippen LogP contribution is -2.39. The number of fused-ring (bicyclic) bond motifs is 1. The summed E-state index contributed by atoms with van der Waals surface area (Å²) in [6.07, 6.45) is 5.90. The van der Waals surface area contributed by atoms with Crippen molar-refractivity contribution in [2.45, 2.75) is 52.5 Å². The molecule has 2 aromatic rings. The van der Waals surface area contributed by atoms with Crippen molar-refractivity contribution in [1.29, 1.82) is 0 Å². The fourth-order valence-electron chi connectivity index (χ4n) is 3.68. The molecule has 1 aromatic heterocycles. The number of hydrogen-bond donors (Lipinski definition) is 2. The van der Waals surface area contributed by atoms with Gasteiger partial charge in [-0.1, -0.05) is 32.9 Å². The number of rotatable bonds is 2. The molecule has 1 amide bonds. The van der Waals surface area contributed by atoms with E-state index in [2.05, 4.69) is 31.1 Å². The zero-order chi connectivity index (χ0) is 17.3. The fraction of sp³-hybridized carbons (Fsp3) is 0.500. The molecular weight excluding hydrogens is 300 g/mol. The molecule has 0 radical (unpaired) electrons. The first-order valence-electron chi connectivity index (χ1n) is 8.74. The van der Waals surface area contributed by atoms with Gasteiger partial charge < -0.3 is 10.4 Å². The van der Waals surface area contributed by atoms with E-state index in [1.54, 1.807) is 12.3 Å². The van der Waals surface area contributed by atoms with E-state index >= 15 is 0 Å². The molecule has 0 unspecified atom stereocenters. The number of pyridine rings is 1. The first kappa shape index (κ1) is 16.7. The predicted octanol–water partition coefficient (Wildman–Crippen LogP) is 4.28. The predicted molar refractivity (Wildman–Crippen MR) is 96.1 cm³/mol. The van der Waals surface area contributed by atoms with Crippen molar-refractivity contribution in [1.82, 2.24) is 10.3 Å². The number of nitrogens with one attached hydrogen (secondary N) is 1. The Morgan fingerprint density at radius 1 is 1.17 bits per heavy atom. The molecule has 0 aliphatic heterocycles. The molecule has 1 aliphatic carbocycles. The first-order chi connectivity index (χ1) is 11.4. The number of phenolic OH excluding ortho intramolecular Hbond substituents is 1. The number of benzene rings is 1. The summed E-state index contributed by atoms with van der Waals surface area (Å²) >= 11 is 0. The molecule has 2 N–H and O–H groups in total. The van der Waals surface area contributed by atoms with Gasteiger partial charge in [0.05, 0.1) is 5.56 Å². The Hall–Kier alpha value is -2.10. The number of carbonyl (C=O) groups is 1. The van der Waals surface area contributed by atoms with Crippen LogP contribution >= 0.6 is 0 Å². The van der Waals surface area contributed by atoms with Gasteiger partial charge in [-0.25, -0.2) is 0 Å². The number of nitrogens with zero attached hydrogens (tertiary/aromatic N) is 1. The van der Waals surface area contributed by atoms with Crippen LogP contribution in [0.25, 0.3) is 10.9 Å². The van der Waals surface area contributed by atoms with Gasteiger partial charge in [0.25, 0.3) is 5.91 Å². The molecule has 3 rings (SSSR count). The lowest BCUT2D eigenvalue weighted by atomic mass is 9.71. The molecule has 1 aliphatic rings. The molecule has 4 heteroatoms. The Morgan fingerprint density at radius 3 is 2.54 bits per heavy atom. The number of aromatic hydroxyl groups is 1. The molecule has 1 fully saturated rings. The van der Waals surface area contributed by atoms with Gasteiger partial charge in [-0.05, 0) is 49.1 Å². The van der Waals surface area contributed by atoms with Crippen molar-refractivity contribution in [2.24, 2.45) is 11.3 Å². The zero-order valence-corrected chi connectivity index (χ0v) is 14.7. The molecule has 1 aromatic carbocycles. The average Bonchev–Trinajstić information content (AvgIpc) is 2.55. The van der Waals surface area contributed by atoms with Crippen LogP contribution in [-0.4, -0.2) is 22.0 Å². The second kappa shape index (κ2) is 6.42. The van der Waals surface area contributed by atoms with Gasteiger partial charge in [0, 0.05) is 17.6 Å². The van der Waals surface area contributed by atoms with Gasteiger partial charge in [-0.2, -0.15) is 0 Å². The van der Waals surface area contributed by atoms with Gasteiger partial charge >= 0.3 is 0 Å². The minimum absolute atomic E-state index is 0.0334. The van der Waals surface area contributed by atoms with E-state index in [0.717, 1.165) is 31.1 Å². The maximum atomic E-state index is 12.6. The largest absolute Gasteiger partial charge is 0.505 e. The lowest BCUT2D eigenvalue weighted by Gasteiger charge is -2.37. The number of carbonyl (C=O) groups excluding carboxylic acids is 1. The SMILES string of the molecule is CC(C)(C)C1CCC(NC(=O)c2ccc3cccnc3c2O)CC1. The monoisotopic (exact) mass is 326 g/mol. The van der Waals surface area contributed by atoms with Crippen LogP contribution in [0.15, 0.2) is 30.5 Å². The highest BCUT2D eigenvalue weighted by atomic mass is 16.3. The smallest absolute Gasteiger partial charge is 0.255 e. The van der Waals surface area contributed by atoms with Crippen LogP contribution in [-0.2, 0) is 0 Å². The summed E-state index contributed by atoms with van der Waals surface area (Å²) in [7, 11) is 0. The molecule has 0 atom stereocenters. The third-order valence-corrected chi connectivity index (χ3v) is 5.28. The number of amides is 1. The quantitative estimate of drug-likeness (QED) is 0.866. The second-order valence-corrected chi connectivity index (χ2v) is 7.92. The van der Waals surface area contributed by atoms with Crippen molar-refractivity contribution in [3.8, 4) is 5.75 Å². The Bertz CT molecular complexity index is 741. The summed E-state index contributed by atoms with van der Waals surface area (Å²) in [5.74, 6) is 0.470. The van der Waals surface area contributed by atoms with Crippen molar-refractivity contribution in [2.75, 3.05) is 0 Å². The third kappa shape index (κ3) is 3.37. The Balaban J connectivity index is 1.69. The van der Waals surface area contributed by atoms with Crippen LogP contribution in [0, 0.1) is 11.3 Å². The van der Waals surface area contributed by atoms with E-state index in [1.165, 1.54) is 0 Å². The lowest BCUT2D eigenvalue weighted by molar-refractivity contribution is 0.0901. The normalized spacial score (nSPS) is 21.6. The minimum atomic E-state index is -0.209. The molecule has 0 saturated heterocycles. The van der Waals surface area contributed by atoms with Crippen molar-refractivity contribution in [3.63, 3.8) is 0 Å². The Kier molecular flexibility index (Phi) is 4.48. The van der Waals surface area contributed by atoms with Crippen LogP contribution in [0.2, 0.25) is 0 Å².